The van der Waals surface area contributed by atoms with Gasteiger partial charge in [-0.05, 0) is 68.2 Å². The van der Waals surface area contributed by atoms with Crippen LogP contribution < -0.4 is 10.6 Å². The lowest BCUT2D eigenvalue weighted by Gasteiger charge is -2.28. The Balaban J connectivity index is 1.59. The van der Waals surface area contributed by atoms with E-state index in [1.807, 2.05) is 12.1 Å². The number of carbonyl (C=O) groups is 1. The standard InChI is InChI=1S/C19H28N2O3/c1-23-13-18-12-21(19(22)24-18)17-8-6-16(7-9-17)15-4-2-14(3-5-15)10-11-20/h6-9,14-15,18H,2-5,10-13,20H2,1H3. The first kappa shape index (κ1) is 17.2. The van der Waals surface area contributed by atoms with E-state index in [-0.39, 0.29) is 12.2 Å². The molecule has 1 heterocycles. The van der Waals surface area contributed by atoms with Crippen LogP contribution in [0.5, 0.6) is 0 Å². The highest BCUT2D eigenvalue weighted by Gasteiger charge is 2.32. The third-order valence-corrected chi connectivity index (χ3v) is 5.32. The number of anilines is 1. The Morgan fingerprint density at radius 1 is 1.21 bits per heavy atom. The fraction of sp³-hybridized carbons (Fsp3) is 0.632. The maximum Gasteiger partial charge on any atom is 0.414 e. The molecule has 1 aliphatic heterocycles. The molecule has 2 aliphatic rings. The molecule has 0 bridgehead atoms. The molecule has 5 heteroatoms. The van der Waals surface area contributed by atoms with Crippen LogP contribution >= 0.6 is 0 Å². The molecule has 1 aliphatic carbocycles. The second kappa shape index (κ2) is 7.99. The van der Waals surface area contributed by atoms with Gasteiger partial charge in [-0.3, -0.25) is 4.90 Å². The highest BCUT2D eigenvalue weighted by atomic mass is 16.6. The number of cyclic esters (lactones) is 1. The Morgan fingerprint density at radius 3 is 2.54 bits per heavy atom. The average Bonchev–Trinajstić information content (AvgIpc) is 2.97. The molecule has 1 amide bonds. The number of hydrogen-bond acceptors (Lipinski definition) is 4. The summed E-state index contributed by atoms with van der Waals surface area (Å²) < 4.78 is 10.4. The summed E-state index contributed by atoms with van der Waals surface area (Å²) in [6, 6.07) is 8.41. The third-order valence-electron chi connectivity index (χ3n) is 5.32. The maximum atomic E-state index is 12.0. The number of carbonyl (C=O) groups excluding carboxylic acids is 1. The van der Waals surface area contributed by atoms with Gasteiger partial charge in [0.2, 0.25) is 0 Å². The number of nitrogens with zero attached hydrogens (tertiary/aromatic N) is 1. The first-order chi connectivity index (χ1) is 11.7. The maximum absolute atomic E-state index is 12.0. The predicted octanol–water partition coefficient (Wildman–Crippen LogP) is 3.28. The lowest BCUT2D eigenvalue weighted by Crippen LogP contribution is -2.25. The Kier molecular flexibility index (Phi) is 5.74. The van der Waals surface area contributed by atoms with Crippen LogP contribution in [0.3, 0.4) is 0 Å². The van der Waals surface area contributed by atoms with Gasteiger partial charge in [0.25, 0.3) is 0 Å². The van der Waals surface area contributed by atoms with Crippen molar-refractivity contribution in [2.75, 3.05) is 31.7 Å². The molecule has 2 N–H and O–H groups in total. The van der Waals surface area contributed by atoms with E-state index >= 15 is 0 Å². The van der Waals surface area contributed by atoms with Gasteiger partial charge >= 0.3 is 6.09 Å². The molecule has 1 saturated heterocycles. The summed E-state index contributed by atoms with van der Waals surface area (Å²) in [5, 5.41) is 0. The van der Waals surface area contributed by atoms with E-state index < -0.39 is 0 Å². The molecule has 2 fully saturated rings. The number of amides is 1. The van der Waals surface area contributed by atoms with Gasteiger partial charge in [0.15, 0.2) is 0 Å². The van der Waals surface area contributed by atoms with Crippen LogP contribution in [0.25, 0.3) is 0 Å². The van der Waals surface area contributed by atoms with E-state index in [1.54, 1.807) is 12.0 Å². The number of methoxy groups -OCH3 is 1. The highest BCUT2D eigenvalue weighted by Crippen LogP contribution is 2.37. The molecule has 0 aromatic heterocycles. The van der Waals surface area contributed by atoms with Gasteiger partial charge in [0.1, 0.15) is 6.10 Å². The summed E-state index contributed by atoms with van der Waals surface area (Å²) in [5.74, 6) is 1.45. The molecule has 3 rings (SSSR count). The monoisotopic (exact) mass is 332 g/mol. The van der Waals surface area contributed by atoms with Crippen LogP contribution in [0, 0.1) is 5.92 Å². The number of rotatable bonds is 6. The zero-order valence-corrected chi connectivity index (χ0v) is 14.4. The number of nitrogens with two attached hydrogens (primary N) is 1. The van der Waals surface area contributed by atoms with E-state index in [9.17, 15) is 4.79 Å². The molecule has 24 heavy (non-hydrogen) atoms. The zero-order valence-electron chi connectivity index (χ0n) is 14.4. The van der Waals surface area contributed by atoms with Gasteiger partial charge in [0.05, 0.1) is 13.2 Å². The van der Waals surface area contributed by atoms with E-state index in [0.29, 0.717) is 19.1 Å². The smallest absolute Gasteiger partial charge is 0.414 e. The minimum Gasteiger partial charge on any atom is -0.441 e. The van der Waals surface area contributed by atoms with Gasteiger partial charge in [-0.25, -0.2) is 4.79 Å². The van der Waals surface area contributed by atoms with Gasteiger partial charge < -0.3 is 15.2 Å². The second-order valence-corrected chi connectivity index (χ2v) is 6.96. The Hall–Kier alpha value is -1.59. The van der Waals surface area contributed by atoms with Crippen molar-refractivity contribution in [2.45, 2.75) is 44.1 Å². The van der Waals surface area contributed by atoms with Crippen molar-refractivity contribution >= 4 is 11.8 Å². The van der Waals surface area contributed by atoms with Crippen molar-refractivity contribution in [2.24, 2.45) is 11.7 Å². The quantitative estimate of drug-likeness (QED) is 0.868. The van der Waals surface area contributed by atoms with Gasteiger partial charge in [0, 0.05) is 12.8 Å². The lowest BCUT2D eigenvalue weighted by atomic mass is 9.77. The Labute approximate surface area is 144 Å². The van der Waals surface area contributed by atoms with Crippen LogP contribution in [0.1, 0.15) is 43.6 Å². The SMILES string of the molecule is COCC1CN(c2ccc(C3CCC(CCN)CC3)cc2)C(=O)O1. The summed E-state index contributed by atoms with van der Waals surface area (Å²) in [6.07, 6.45) is 5.73. The summed E-state index contributed by atoms with van der Waals surface area (Å²) in [4.78, 5) is 13.7. The zero-order chi connectivity index (χ0) is 16.9. The van der Waals surface area contributed by atoms with Crippen molar-refractivity contribution in [1.29, 1.82) is 0 Å². The van der Waals surface area contributed by atoms with Gasteiger partial charge in [-0.15, -0.1) is 0 Å². The molecule has 1 saturated carbocycles. The van der Waals surface area contributed by atoms with Crippen LogP contribution in [0.15, 0.2) is 24.3 Å². The van der Waals surface area contributed by atoms with Crippen LogP contribution in [0.2, 0.25) is 0 Å². The number of hydrogen-bond donors (Lipinski definition) is 1. The predicted molar refractivity (Wildman–Crippen MR) is 94.3 cm³/mol. The van der Waals surface area contributed by atoms with Crippen molar-refractivity contribution < 1.29 is 14.3 Å². The molecular formula is C19H28N2O3. The summed E-state index contributed by atoms with van der Waals surface area (Å²) in [5.41, 5.74) is 7.95. The average molecular weight is 332 g/mol. The molecule has 0 radical (unpaired) electrons. The van der Waals surface area contributed by atoms with E-state index in [4.69, 9.17) is 15.2 Å². The van der Waals surface area contributed by atoms with E-state index in [1.165, 1.54) is 31.2 Å². The van der Waals surface area contributed by atoms with Crippen LogP contribution in [-0.4, -0.2) is 39.0 Å². The van der Waals surface area contributed by atoms with Crippen LogP contribution in [0.4, 0.5) is 10.5 Å². The molecule has 1 atom stereocenters. The first-order valence-corrected chi connectivity index (χ1v) is 8.98. The largest absolute Gasteiger partial charge is 0.441 e. The number of benzene rings is 1. The molecule has 132 valence electrons. The second-order valence-electron chi connectivity index (χ2n) is 6.96. The van der Waals surface area contributed by atoms with Crippen molar-refractivity contribution in [1.82, 2.24) is 0 Å². The first-order valence-electron chi connectivity index (χ1n) is 8.98. The normalized spacial score (nSPS) is 27.3. The van der Waals surface area contributed by atoms with E-state index in [0.717, 1.165) is 24.6 Å². The van der Waals surface area contributed by atoms with Crippen molar-refractivity contribution in [3.8, 4) is 0 Å². The van der Waals surface area contributed by atoms with Gasteiger partial charge in [-0.1, -0.05) is 12.1 Å². The fourth-order valence-corrected chi connectivity index (χ4v) is 3.95. The molecule has 5 nitrogen and oxygen atoms in total. The molecular weight excluding hydrogens is 304 g/mol. The fourth-order valence-electron chi connectivity index (χ4n) is 3.95. The summed E-state index contributed by atoms with van der Waals surface area (Å²) in [7, 11) is 1.62. The summed E-state index contributed by atoms with van der Waals surface area (Å²) >= 11 is 0. The van der Waals surface area contributed by atoms with Crippen LogP contribution in [-0.2, 0) is 9.47 Å². The molecule has 1 unspecified atom stereocenters. The van der Waals surface area contributed by atoms with E-state index in [2.05, 4.69) is 12.1 Å². The highest BCUT2D eigenvalue weighted by molar-refractivity contribution is 5.89. The molecule has 1 aromatic carbocycles. The Morgan fingerprint density at radius 2 is 1.92 bits per heavy atom. The number of ether oxygens (including phenoxy) is 2. The minimum absolute atomic E-state index is 0.181. The molecule has 1 aromatic rings. The molecule has 0 spiro atoms. The lowest BCUT2D eigenvalue weighted by molar-refractivity contribution is 0.0718. The summed E-state index contributed by atoms with van der Waals surface area (Å²) in [6.45, 7) is 1.79. The third kappa shape index (κ3) is 3.90. The van der Waals surface area contributed by atoms with Crippen molar-refractivity contribution in [3.05, 3.63) is 29.8 Å². The minimum atomic E-state index is -0.285. The van der Waals surface area contributed by atoms with Crippen molar-refractivity contribution in [3.63, 3.8) is 0 Å². The topological polar surface area (TPSA) is 64.8 Å². The van der Waals surface area contributed by atoms with Gasteiger partial charge in [-0.2, -0.15) is 0 Å². The Bertz CT molecular complexity index is 538.